The standard InChI is InChI=1S/C15H22.2C15H20.2C14H19N.C2H6/c3*1-10(2)12-5-6-13-8-14(11(3)4)9-15(13)7-12;1-10(2)12-5-6-14-7-13(11(3)4)9-15(14)8-12;1-10(2)12-5-6-15-9-13(11(3)4)8-14(15)7-12;1-2/h5-7,10-11,14H,8-9H2,1-4H3;5-7,9-11H,8H2,1-4H3;5-8,10-11H,9H2,1-4H3;2*5-11H,1-4H3;1-2H3. The Balaban J connectivity index is 0.000000176. The van der Waals surface area contributed by atoms with E-state index >= 15 is 0 Å². The van der Waals surface area contributed by atoms with Crippen LogP contribution >= 0.6 is 0 Å². The smallest absolute Gasteiger partial charge is 0.0455 e. The van der Waals surface area contributed by atoms with Crippen molar-refractivity contribution in [1.29, 1.82) is 0 Å². The first-order chi connectivity index (χ1) is 36.4. The van der Waals surface area contributed by atoms with Crippen LogP contribution in [0.1, 0.15) is 266 Å². The summed E-state index contributed by atoms with van der Waals surface area (Å²) in [6.45, 7) is 49.2. The molecule has 1 atom stereocenters. The lowest BCUT2D eigenvalue weighted by molar-refractivity contribution is 0.404. The van der Waals surface area contributed by atoms with Gasteiger partial charge in [-0.25, -0.2) is 0 Å². The van der Waals surface area contributed by atoms with E-state index in [1.807, 2.05) is 13.8 Å². The van der Waals surface area contributed by atoms with Crippen LogP contribution in [0.15, 0.2) is 127 Å². The topological polar surface area (TPSA) is 8.82 Å². The van der Waals surface area contributed by atoms with Gasteiger partial charge in [-0.3, -0.25) is 0 Å². The molecule has 10 rings (SSSR count). The molecule has 2 nitrogen and oxygen atoms in total. The van der Waals surface area contributed by atoms with Crippen molar-refractivity contribution >= 4 is 23.2 Å². The molecule has 0 N–H and O–H groups in total. The van der Waals surface area contributed by atoms with E-state index in [4.69, 9.17) is 0 Å². The molecule has 7 aromatic rings. The van der Waals surface area contributed by atoms with Crippen molar-refractivity contribution in [2.45, 2.75) is 219 Å². The van der Waals surface area contributed by atoms with Gasteiger partial charge in [0.25, 0.3) is 0 Å². The van der Waals surface area contributed by atoms with Crippen LogP contribution in [0.25, 0.3) is 23.2 Å². The zero-order valence-corrected chi connectivity index (χ0v) is 52.7. The molecule has 0 fully saturated rings. The maximum absolute atomic E-state index is 2.43. The van der Waals surface area contributed by atoms with Gasteiger partial charge in [-0.05, 0) is 193 Å². The Kier molecular flexibility index (Phi) is 23.1. The maximum Gasteiger partial charge on any atom is 0.0455 e. The molecular formula is C75H106N2. The fraction of sp³-hybridized carbons (Fsp3) is 0.493. The Morgan fingerprint density at radius 2 is 0.727 bits per heavy atom. The monoisotopic (exact) mass is 1030 g/mol. The number of allylic oxidation sites excluding steroid dienone is 2. The minimum atomic E-state index is 0.597. The second-order valence-corrected chi connectivity index (χ2v) is 25.7. The lowest BCUT2D eigenvalue weighted by Crippen LogP contribution is -2.07. The first-order valence-electron chi connectivity index (χ1n) is 30.4. The fourth-order valence-electron chi connectivity index (χ4n) is 10.4. The quantitative estimate of drug-likeness (QED) is 0.129. The molecule has 77 heavy (non-hydrogen) atoms. The molecule has 3 aliphatic carbocycles. The Morgan fingerprint density at radius 3 is 1.26 bits per heavy atom. The van der Waals surface area contributed by atoms with Gasteiger partial charge in [-0.2, -0.15) is 0 Å². The van der Waals surface area contributed by atoms with E-state index < -0.39 is 0 Å². The van der Waals surface area contributed by atoms with Gasteiger partial charge in [0.05, 0.1) is 0 Å². The summed E-state index contributed by atoms with van der Waals surface area (Å²) in [5, 5.41) is 0. The van der Waals surface area contributed by atoms with Gasteiger partial charge in [-0.1, -0.05) is 236 Å². The summed E-state index contributed by atoms with van der Waals surface area (Å²) in [6.07, 6.45) is 18.5. The van der Waals surface area contributed by atoms with Crippen LogP contribution in [0, 0.1) is 23.7 Å². The highest BCUT2D eigenvalue weighted by Crippen LogP contribution is 2.35. The zero-order valence-electron chi connectivity index (χ0n) is 52.7. The number of hydrogen-bond donors (Lipinski definition) is 0. The average Bonchev–Trinajstić information content (AvgIpc) is 4.26. The molecule has 0 amide bonds. The summed E-state index contributed by atoms with van der Waals surface area (Å²) in [6, 6.07) is 34.5. The minimum Gasteiger partial charge on any atom is -0.324 e. The molecule has 0 bridgehead atoms. The molecule has 416 valence electrons. The van der Waals surface area contributed by atoms with Crippen LogP contribution in [0.3, 0.4) is 0 Å². The Bertz CT molecular complexity index is 2890. The van der Waals surface area contributed by atoms with E-state index in [-0.39, 0.29) is 0 Å². The molecule has 3 aliphatic rings. The van der Waals surface area contributed by atoms with Crippen molar-refractivity contribution in [1.82, 2.24) is 8.80 Å². The third kappa shape index (κ3) is 17.1. The Labute approximate surface area is 471 Å². The lowest BCUT2D eigenvalue weighted by Gasteiger charge is -2.12. The highest BCUT2D eigenvalue weighted by atomic mass is 14.9. The van der Waals surface area contributed by atoms with E-state index in [0.717, 1.165) is 24.7 Å². The zero-order chi connectivity index (χ0) is 57.0. The molecule has 0 saturated carbocycles. The van der Waals surface area contributed by atoms with Gasteiger partial charge >= 0.3 is 0 Å². The first kappa shape index (κ1) is 62.5. The highest BCUT2D eigenvalue weighted by molar-refractivity contribution is 5.66. The van der Waals surface area contributed by atoms with Crippen molar-refractivity contribution < 1.29 is 0 Å². The van der Waals surface area contributed by atoms with Crippen LogP contribution in [-0.4, -0.2) is 8.80 Å². The number of benzene rings is 3. The van der Waals surface area contributed by atoms with Gasteiger partial charge in [0.1, 0.15) is 0 Å². The van der Waals surface area contributed by atoms with Crippen LogP contribution in [-0.2, 0) is 25.7 Å². The first-order valence-corrected chi connectivity index (χ1v) is 30.4. The van der Waals surface area contributed by atoms with Crippen LogP contribution < -0.4 is 0 Å². The predicted molar refractivity (Wildman–Crippen MR) is 343 cm³/mol. The summed E-state index contributed by atoms with van der Waals surface area (Å²) in [5.41, 5.74) is 24.9. The Hall–Kier alpha value is -5.34. The van der Waals surface area contributed by atoms with Crippen LogP contribution in [0.2, 0.25) is 0 Å². The summed E-state index contributed by atoms with van der Waals surface area (Å²) in [4.78, 5) is 0. The third-order valence-electron chi connectivity index (χ3n) is 16.4. The molecule has 0 aliphatic heterocycles. The van der Waals surface area contributed by atoms with Crippen LogP contribution in [0.5, 0.6) is 0 Å². The molecule has 2 heteroatoms. The molecule has 4 aromatic heterocycles. The van der Waals surface area contributed by atoms with Crippen molar-refractivity contribution in [2.75, 3.05) is 0 Å². The number of fused-ring (bicyclic) bond motifs is 5. The SMILES string of the molecule is CC.CC(C)C1=Cc2cc(C(C)C)ccc2C1.CC(C)C1=Cc2ccc(C(C)C)cc2C1.CC(C)c1ccc2c(c1)CC(C(C)C)C2.CC(C)c1ccc2cc(C(C)C)cn2c1.CC(C)c1ccn2cc(C(C)C)cc2c1. The van der Waals surface area contributed by atoms with E-state index in [2.05, 4.69) is 275 Å². The van der Waals surface area contributed by atoms with E-state index in [1.54, 1.807) is 22.3 Å². The van der Waals surface area contributed by atoms with Gasteiger partial charge < -0.3 is 8.80 Å². The number of rotatable bonds is 10. The van der Waals surface area contributed by atoms with Gasteiger partial charge in [0.15, 0.2) is 0 Å². The van der Waals surface area contributed by atoms with Crippen molar-refractivity contribution in [3.05, 3.63) is 199 Å². The van der Waals surface area contributed by atoms with Crippen molar-refractivity contribution in [2.24, 2.45) is 23.7 Å². The van der Waals surface area contributed by atoms with Crippen LogP contribution in [0.4, 0.5) is 0 Å². The fourth-order valence-corrected chi connectivity index (χ4v) is 10.4. The van der Waals surface area contributed by atoms with Crippen molar-refractivity contribution in [3.63, 3.8) is 0 Å². The molecular weight excluding hydrogens is 929 g/mol. The molecule has 0 radical (unpaired) electrons. The van der Waals surface area contributed by atoms with E-state index in [9.17, 15) is 0 Å². The summed E-state index contributed by atoms with van der Waals surface area (Å²) in [7, 11) is 0. The molecule has 0 spiro atoms. The number of pyridine rings is 2. The summed E-state index contributed by atoms with van der Waals surface area (Å²) >= 11 is 0. The summed E-state index contributed by atoms with van der Waals surface area (Å²) < 4.78 is 4.45. The molecule has 1 unspecified atom stereocenters. The summed E-state index contributed by atoms with van der Waals surface area (Å²) in [5.74, 6) is 7.40. The van der Waals surface area contributed by atoms with Gasteiger partial charge in [0.2, 0.25) is 0 Å². The largest absolute Gasteiger partial charge is 0.324 e. The minimum absolute atomic E-state index is 0.597. The Morgan fingerprint density at radius 1 is 0.325 bits per heavy atom. The van der Waals surface area contributed by atoms with Gasteiger partial charge in [0, 0.05) is 35.8 Å². The van der Waals surface area contributed by atoms with E-state index in [1.165, 1.54) is 85.1 Å². The molecule has 0 saturated heterocycles. The second-order valence-electron chi connectivity index (χ2n) is 25.7. The normalized spacial score (nSPS) is 14.3. The second kappa shape index (κ2) is 28.5. The highest BCUT2D eigenvalue weighted by Gasteiger charge is 2.24. The number of aromatic nitrogens is 2. The third-order valence-corrected chi connectivity index (χ3v) is 16.4. The molecule has 3 aromatic carbocycles. The maximum atomic E-state index is 2.43. The predicted octanol–water partition coefficient (Wildman–Crippen LogP) is 22.4. The number of hydrogen-bond acceptors (Lipinski definition) is 0. The molecule has 4 heterocycles. The van der Waals surface area contributed by atoms with Gasteiger partial charge in [-0.15, -0.1) is 0 Å². The average molecular weight is 1040 g/mol. The van der Waals surface area contributed by atoms with Crippen molar-refractivity contribution in [3.8, 4) is 0 Å². The lowest BCUT2D eigenvalue weighted by atomic mass is 9.93. The van der Waals surface area contributed by atoms with E-state index in [0.29, 0.717) is 53.3 Å². The number of nitrogens with zero attached hydrogens (tertiary/aromatic N) is 2.